The Labute approximate surface area is 113 Å². The van der Waals surface area contributed by atoms with Crippen LogP contribution in [0.5, 0.6) is 0 Å². The Kier molecular flexibility index (Phi) is 5.69. The van der Waals surface area contributed by atoms with Gasteiger partial charge >= 0.3 is 6.43 Å². The Hall–Kier alpha value is -1.89. The van der Waals surface area contributed by atoms with Crippen molar-refractivity contribution in [2.24, 2.45) is 0 Å². The lowest BCUT2D eigenvalue weighted by molar-refractivity contribution is -0.133. The normalized spacial score (nSPS) is 13.9. The molecule has 0 spiro atoms. The minimum absolute atomic E-state index is 0.181. The lowest BCUT2D eigenvalue weighted by Crippen LogP contribution is -2.43. The second-order valence-corrected chi connectivity index (χ2v) is 4.19. The van der Waals surface area contributed by atoms with Gasteiger partial charge in [-0.05, 0) is 12.5 Å². The van der Waals surface area contributed by atoms with Crippen LogP contribution in [0.4, 0.5) is 13.2 Å². The molecule has 1 aromatic rings. The SMILES string of the molecule is CC(=O)c1ccc(C(O)C(CF)NC(=O)C(F)F)cc1. The fourth-order valence-electron chi connectivity index (χ4n) is 1.59. The standard InChI is InChI=1S/C13H14F3NO3/c1-7(18)8-2-4-9(5-3-8)11(19)10(6-14)17-13(20)12(15)16/h2-5,10-12,19H,6H2,1H3,(H,17,20). The largest absolute Gasteiger partial charge is 0.386 e. The molecule has 4 nitrogen and oxygen atoms in total. The molecular formula is C13H14F3NO3. The van der Waals surface area contributed by atoms with Gasteiger partial charge in [-0.2, -0.15) is 8.78 Å². The van der Waals surface area contributed by atoms with Crippen molar-refractivity contribution < 1.29 is 27.9 Å². The molecule has 0 fully saturated rings. The van der Waals surface area contributed by atoms with E-state index in [0.29, 0.717) is 5.56 Å². The third kappa shape index (κ3) is 4.06. The molecule has 0 aromatic heterocycles. The first-order chi connectivity index (χ1) is 9.36. The van der Waals surface area contributed by atoms with E-state index in [2.05, 4.69) is 0 Å². The molecule has 0 bridgehead atoms. The van der Waals surface area contributed by atoms with Crippen molar-refractivity contribution in [3.63, 3.8) is 0 Å². The van der Waals surface area contributed by atoms with Crippen molar-refractivity contribution in [2.75, 3.05) is 6.67 Å². The van der Waals surface area contributed by atoms with Gasteiger partial charge in [-0.25, -0.2) is 4.39 Å². The second-order valence-electron chi connectivity index (χ2n) is 4.19. The topological polar surface area (TPSA) is 66.4 Å². The van der Waals surface area contributed by atoms with Crippen LogP contribution < -0.4 is 5.32 Å². The van der Waals surface area contributed by atoms with E-state index < -0.39 is 31.2 Å². The number of nitrogens with one attached hydrogen (secondary N) is 1. The fraction of sp³-hybridized carbons (Fsp3) is 0.385. The van der Waals surface area contributed by atoms with Crippen LogP contribution in [0.15, 0.2) is 24.3 Å². The molecule has 0 heterocycles. The number of aliphatic hydroxyl groups excluding tert-OH is 1. The van der Waals surface area contributed by atoms with Gasteiger partial charge in [0.1, 0.15) is 12.8 Å². The van der Waals surface area contributed by atoms with Gasteiger partial charge in [0.05, 0.1) is 6.04 Å². The average molecular weight is 289 g/mol. The summed E-state index contributed by atoms with van der Waals surface area (Å²) in [7, 11) is 0. The molecule has 2 unspecified atom stereocenters. The van der Waals surface area contributed by atoms with Gasteiger partial charge < -0.3 is 10.4 Å². The van der Waals surface area contributed by atoms with Gasteiger partial charge in [-0.1, -0.05) is 24.3 Å². The summed E-state index contributed by atoms with van der Waals surface area (Å²) in [5, 5.41) is 11.6. The number of hydrogen-bond acceptors (Lipinski definition) is 3. The maximum atomic E-state index is 12.8. The zero-order valence-electron chi connectivity index (χ0n) is 10.6. The summed E-state index contributed by atoms with van der Waals surface area (Å²) < 4.78 is 36.9. The lowest BCUT2D eigenvalue weighted by Gasteiger charge is -2.21. The smallest absolute Gasteiger partial charge is 0.315 e. The molecule has 20 heavy (non-hydrogen) atoms. The highest BCUT2D eigenvalue weighted by molar-refractivity contribution is 5.94. The van der Waals surface area contributed by atoms with Gasteiger partial charge in [0.15, 0.2) is 5.78 Å². The summed E-state index contributed by atoms with van der Waals surface area (Å²) in [6.07, 6.45) is -4.76. The van der Waals surface area contributed by atoms with Crippen molar-refractivity contribution in [1.29, 1.82) is 0 Å². The van der Waals surface area contributed by atoms with Gasteiger partial charge in [-0.15, -0.1) is 0 Å². The van der Waals surface area contributed by atoms with Crippen molar-refractivity contribution in [1.82, 2.24) is 5.32 Å². The minimum Gasteiger partial charge on any atom is -0.386 e. The third-order valence-electron chi connectivity index (χ3n) is 2.73. The molecule has 0 aliphatic rings. The molecule has 0 saturated heterocycles. The minimum atomic E-state index is -3.28. The van der Waals surface area contributed by atoms with Crippen molar-refractivity contribution in [2.45, 2.75) is 25.5 Å². The maximum absolute atomic E-state index is 12.8. The Morgan fingerprint density at radius 2 is 1.80 bits per heavy atom. The molecule has 0 radical (unpaired) electrons. The average Bonchev–Trinajstić information content (AvgIpc) is 2.43. The lowest BCUT2D eigenvalue weighted by atomic mass is 10.0. The van der Waals surface area contributed by atoms with Crippen LogP contribution in [-0.4, -0.2) is 35.9 Å². The number of alkyl halides is 3. The Balaban J connectivity index is 2.82. The van der Waals surface area contributed by atoms with Crippen LogP contribution in [-0.2, 0) is 4.79 Å². The van der Waals surface area contributed by atoms with Crippen LogP contribution >= 0.6 is 0 Å². The van der Waals surface area contributed by atoms with E-state index in [0.717, 1.165) is 0 Å². The molecular weight excluding hydrogens is 275 g/mol. The molecule has 1 rings (SSSR count). The summed E-state index contributed by atoms with van der Waals surface area (Å²) >= 11 is 0. The molecule has 1 amide bonds. The van der Waals surface area contributed by atoms with Crippen molar-refractivity contribution >= 4 is 11.7 Å². The van der Waals surface area contributed by atoms with E-state index in [9.17, 15) is 27.9 Å². The number of amides is 1. The summed E-state index contributed by atoms with van der Waals surface area (Å²) in [4.78, 5) is 21.9. The number of rotatable bonds is 6. The Bertz CT molecular complexity index is 476. The summed E-state index contributed by atoms with van der Waals surface area (Å²) in [6, 6.07) is 4.12. The fourth-order valence-corrected chi connectivity index (χ4v) is 1.59. The Morgan fingerprint density at radius 3 is 2.20 bits per heavy atom. The number of Topliss-reactive ketones (excluding diaryl/α,β-unsaturated/α-hetero) is 1. The highest BCUT2D eigenvalue weighted by Gasteiger charge is 2.26. The van der Waals surface area contributed by atoms with E-state index in [1.165, 1.54) is 31.2 Å². The molecule has 0 aliphatic carbocycles. The van der Waals surface area contributed by atoms with E-state index in [4.69, 9.17) is 0 Å². The summed E-state index contributed by atoms with van der Waals surface area (Å²) in [6.45, 7) is 0.159. The first-order valence-electron chi connectivity index (χ1n) is 5.80. The maximum Gasteiger partial charge on any atom is 0.315 e. The number of aliphatic hydroxyl groups is 1. The zero-order valence-corrected chi connectivity index (χ0v) is 10.6. The monoisotopic (exact) mass is 289 g/mol. The molecule has 1 aromatic carbocycles. The molecule has 2 N–H and O–H groups in total. The zero-order chi connectivity index (χ0) is 15.3. The van der Waals surface area contributed by atoms with Crippen LogP contribution in [0.2, 0.25) is 0 Å². The van der Waals surface area contributed by atoms with Gasteiger partial charge in [-0.3, -0.25) is 9.59 Å². The predicted octanol–water partition coefficient (Wildman–Crippen LogP) is 1.64. The van der Waals surface area contributed by atoms with Crippen LogP contribution in [0, 0.1) is 0 Å². The summed E-state index contributed by atoms with van der Waals surface area (Å²) in [5.41, 5.74) is 0.613. The first kappa shape index (κ1) is 16.2. The van der Waals surface area contributed by atoms with E-state index in [-0.39, 0.29) is 11.3 Å². The van der Waals surface area contributed by atoms with Gasteiger partial charge in [0.2, 0.25) is 0 Å². The highest BCUT2D eigenvalue weighted by atomic mass is 19.3. The Morgan fingerprint density at radius 1 is 1.25 bits per heavy atom. The third-order valence-corrected chi connectivity index (χ3v) is 2.73. The van der Waals surface area contributed by atoms with Gasteiger partial charge in [0.25, 0.3) is 5.91 Å². The number of carbonyl (C=O) groups is 2. The van der Waals surface area contributed by atoms with E-state index >= 15 is 0 Å². The predicted molar refractivity (Wildman–Crippen MR) is 65.3 cm³/mol. The number of halogens is 3. The quantitative estimate of drug-likeness (QED) is 0.782. The second kappa shape index (κ2) is 7.04. The van der Waals surface area contributed by atoms with Crippen LogP contribution in [0.25, 0.3) is 0 Å². The molecule has 7 heteroatoms. The molecule has 0 saturated carbocycles. The number of ketones is 1. The number of hydrogen-bond donors (Lipinski definition) is 2. The van der Waals surface area contributed by atoms with Gasteiger partial charge in [0, 0.05) is 5.56 Å². The van der Waals surface area contributed by atoms with Crippen molar-refractivity contribution in [3.05, 3.63) is 35.4 Å². The van der Waals surface area contributed by atoms with Crippen molar-refractivity contribution in [3.8, 4) is 0 Å². The van der Waals surface area contributed by atoms with Crippen LogP contribution in [0.3, 0.4) is 0 Å². The molecule has 2 atom stereocenters. The number of carbonyl (C=O) groups excluding carboxylic acids is 2. The summed E-state index contributed by atoms with van der Waals surface area (Å²) in [5.74, 6) is -1.83. The first-order valence-corrected chi connectivity index (χ1v) is 5.80. The van der Waals surface area contributed by atoms with E-state index in [1.54, 1.807) is 5.32 Å². The molecule has 110 valence electrons. The molecule has 0 aliphatic heterocycles. The number of benzene rings is 1. The van der Waals surface area contributed by atoms with Crippen LogP contribution in [0.1, 0.15) is 28.9 Å². The van der Waals surface area contributed by atoms with E-state index in [1.807, 2.05) is 0 Å². The highest BCUT2D eigenvalue weighted by Crippen LogP contribution is 2.18.